The van der Waals surface area contributed by atoms with Crippen LogP contribution in [0.1, 0.15) is 21.4 Å². The van der Waals surface area contributed by atoms with Crippen LogP contribution in [-0.4, -0.2) is 7.11 Å². The Morgan fingerprint density at radius 1 is 1.29 bits per heavy atom. The lowest BCUT2D eigenvalue weighted by molar-refractivity contribution is 0.414. The van der Waals surface area contributed by atoms with E-state index in [1.165, 1.54) is 15.3 Å². The Labute approximate surface area is 106 Å². The average Bonchev–Trinajstić information content (AvgIpc) is 2.76. The molecule has 1 atom stereocenters. The first kappa shape index (κ1) is 12.1. The first-order chi connectivity index (χ1) is 8.19. The van der Waals surface area contributed by atoms with Gasteiger partial charge in [0.1, 0.15) is 5.75 Å². The smallest absolute Gasteiger partial charge is 0.119 e. The molecule has 3 heteroatoms. The molecule has 0 aliphatic heterocycles. The Kier molecular flexibility index (Phi) is 3.82. The molecule has 2 aromatic rings. The Morgan fingerprint density at radius 3 is 2.76 bits per heavy atom. The molecule has 1 unspecified atom stereocenters. The summed E-state index contributed by atoms with van der Waals surface area (Å²) in [6, 6.07) is 12.4. The maximum absolute atomic E-state index is 6.20. The lowest BCUT2D eigenvalue weighted by Crippen LogP contribution is -2.11. The maximum atomic E-state index is 6.20. The van der Waals surface area contributed by atoms with Crippen molar-refractivity contribution >= 4 is 11.3 Å². The van der Waals surface area contributed by atoms with Crippen molar-refractivity contribution in [3.8, 4) is 5.75 Å². The summed E-state index contributed by atoms with van der Waals surface area (Å²) in [6.45, 7) is 2.10. The molecule has 1 aromatic carbocycles. The highest BCUT2D eigenvalue weighted by Crippen LogP contribution is 2.24. The lowest BCUT2D eigenvalue weighted by Gasteiger charge is -2.10. The molecule has 2 N–H and O–H groups in total. The third-order valence-electron chi connectivity index (χ3n) is 2.72. The lowest BCUT2D eigenvalue weighted by atomic mass is 10.1. The fourth-order valence-electron chi connectivity index (χ4n) is 1.81. The third kappa shape index (κ3) is 3.08. The summed E-state index contributed by atoms with van der Waals surface area (Å²) in [5.74, 6) is 0.886. The Bertz CT molecular complexity index is 492. The van der Waals surface area contributed by atoms with Gasteiger partial charge in [0.2, 0.25) is 0 Å². The van der Waals surface area contributed by atoms with Gasteiger partial charge in [-0.05, 0) is 43.2 Å². The average molecular weight is 247 g/mol. The summed E-state index contributed by atoms with van der Waals surface area (Å²) < 4.78 is 5.21. The molecular weight excluding hydrogens is 230 g/mol. The molecule has 0 fully saturated rings. The van der Waals surface area contributed by atoms with Crippen molar-refractivity contribution in [1.29, 1.82) is 0 Å². The van der Waals surface area contributed by atoms with Crippen molar-refractivity contribution in [2.75, 3.05) is 7.11 Å². The Morgan fingerprint density at radius 2 is 2.12 bits per heavy atom. The van der Waals surface area contributed by atoms with Gasteiger partial charge < -0.3 is 10.5 Å². The SMILES string of the molecule is COc1cccc(CC(N)c2ccc(C)s2)c1. The van der Waals surface area contributed by atoms with Crippen LogP contribution in [0, 0.1) is 6.92 Å². The van der Waals surface area contributed by atoms with Gasteiger partial charge in [0, 0.05) is 15.8 Å². The summed E-state index contributed by atoms with van der Waals surface area (Å²) in [4.78, 5) is 2.55. The van der Waals surface area contributed by atoms with Gasteiger partial charge >= 0.3 is 0 Å². The fourth-order valence-corrected chi connectivity index (χ4v) is 2.69. The molecule has 17 heavy (non-hydrogen) atoms. The van der Waals surface area contributed by atoms with Gasteiger partial charge in [-0.15, -0.1) is 11.3 Å². The van der Waals surface area contributed by atoms with Crippen LogP contribution in [0.4, 0.5) is 0 Å². The Hall–Kier alpha value is -1.32. The molecule has 0 bridgehead atoms. The summed E-state index contributed by atoms with van der Waals surface area (Å²) in [7, 11) is 1.68. The first-order valence-electron chi connectivity index (χ1n) is 5.64. The molecule has 0 spiro atoms. The fraction of sp³-hybridized carbons (Fsp3) is 0.286. The van der Waals surface area contributed by atoms with Crippen LogP contribution in [0.3, 0.4) is 0 Å². The number of thiophene rings is 1. The van der Waals surface area contributed by atoms with E-state index in [0.717, 1.165) is 12.2 Å². The summed E-state index contributed by atoms with van der Waals surface area (Å²) in [5.41, 5.74) is 7.41. The molecule has 0 radical (unpaired) electrons. The second-order valence-electron chi connectivity index (χ2n) is 4.11. The van der Waals surface area contributed by atoms with Crippen LogP contribution < -0.4 is 10.5 Å². The minimum Gasteiger partial charge on any atom is -0.497 e. The van der Waals surface area contributed by atoms with E-state index in [9.17, 15) is 0 Å². The largest absolute Gasteiger partial charge is 0.497 e. The minimum atomic E-state index is 0.0702. The standard InChI is InChI=1S/C14H17NOS/c1-10-6-7-14(17-10)13(15)9-11-4-3-5-12(8-11)16-2/h3-8,13H,9,15H2,1-2H3. The second kappa shape index (κ2) is 5.34. The van der Waals surface area contributed by atoms with E-state index < -0.39 is 0 Å². The number of benzene rings is 1. The summed E-state index contributed by atoms with van der Waals surface area (Å²) >= 11 is 1.77. The van der Waals surface area contributed by atoms with E-state index in [0.29, 0.717) is 0 Å². The van der Waals surface area contributed by atoms with Crippen molar-refractivity contribution in [3.05, 3.63) is 51.7 Å². The van der Waals surface area contributed by atoms with Gasteiger partial charge in [-0.25, -0.2) is 0 Å². The number of aryl methyl sites for hydroxylation is 1. The Balaban J connectivity index is 2.09. The molecule has 0 aliphatic carbocycles. The highest BCUT2D eigenvalue weighted by Gasteiger charge is 2.09. The van der Waals surface area contributed by atoms with E-state index in [2.05, 4.69) is 25.1 Å². The molecule has 2 rings (SSSR count). The van der Waals surface area contributed by atoms with E-state index in [1.54, 1.807) is 18.4 Å². The van der Waals surface area contributed by atoms with Gasteiger partial charge in [-0.2, -0.15) is 0 Å². The van der Waals surface area contributed by atoms with Crippen molar-refractivity contribution < 1.29 is 4.74 Å². The van der Waals surface area contributed by atoms with Crippen LogP contribution in [-0.2, 0) is 6.42 Å². The van der Waals surface area contributed by atoms with Crippen molar-refractivity contribution in [2.45, 2.75) is 19.4 Å². The van der Waals surface area contributed by atoms with Gasteiger partial charge in [0.05, 0.1) is 7.11 Å². The zero-order chi connectivity index (χ0) is 12.3. The predicted molar refractivity (Wildman–Crippen MR) is 72.7 cm³/mol. The van der Waals surface area contributed by atoms with Crippen molar-refractivity contribution in [2.24, 2.45) is 5.73 Å². The number of hydrogen-bond acceptors (Lipinski definition) is 3. The molecule has 1 aromatic heterocycles. The molecule has 1 heterocycles. The van der Waals surface area contributed by atoms with Crippen LogP contribution >= 0.6 is 11.3 Å². The molecule has 90 valence electrons. The number of ether oxygens (including phenoxy) is 1. The predicted octanol–water partition coefficient (Wildman–Crippen LogP) is 3.31. The van der Waals surface area contributed by atoms with Gasteiger partial charge in [0.15, 0.2) is 0 Å². The third-order valence-corrected chi connectivity index (χ3v) is 3.85. The molecule has 0 saturated heterocycles. The second-order valence-corrected chi connectivity index (χ2v) is 5.43. The zero-order valence-electron chi connectivity index (χ0n) is 10.1. The van der Waals surface area contributed by atoms with Crippen molar-refractivity contribution in [1.82, 2.24) is 0 Å². The zero-order valence-corrected chi connectivity index (χ0v) is 11.0. The van der Waals surface area contributed by atoms with Crippen LogP contribution in [0.15, 0.2) is 36.4 Å². The molecular formula is C14H17NOS. The highest BCUT2D eigenvalue weighted by molar-refractivity contribution is 7.12. The normalized spacial score (nSPS) is 12.4. The topological polar surface area (TPSA) is 35.2 Å². The van der Waals surface area contributed by atoms with E-state index in [-0.39, 0.29) is 6.04 Å². The number of hydrogen-bond donors (Lipinski definition) is 1. The minimum absolute atomic E-state index is 0.0702. The quantitative estimate of drug-likeness (QED) is 0.899. The van der Waals surface area contributed by atoms with Crippen LogP contribution in [0.2, 0.25) is 0 Å². The highest BCUT2D eigenvalue weighted by atomic mass is 32.1. The van der Waals surface area contributed by atoms with E-state index in [1.807, 2.05) is 18.2 Å². The molecule has 0 aliphatic rings. The summed E-state index contributed by atoms with van der Waals surface area (Å²) in [5, 5.41) is 0. The van der Waals surface area contributed by atoms with E-state index in [4.69, 9.17) is 10.5 Å². The van der Waals surface area contributed by atoms with Crippen molar-refractivity contribution in [3.63, 3.8) is 0 Å². The number of nitrogens with two attached hydrogens (primary N) is 1. The number of rotatable bonds is 4. The van der Waals surface area contributed by atoms with Gasteiger partial charge in [0.25, 0.3) is 0 Å². The van der Waals surface area contributed by atoms with Gasteiger partial charge in [-0.1, -0.05) is 12.1 Å². The number of methoxy groups -OCH3 is 1. The van der Waals surface area contributed by atoms with Crippen LogP contribution in [0.25, 0.3) is 0 Å². The summed E-state index contributed by atoms with van der Waals surface area (Å²) in [6.07, 6.45) is 0.844. The van der Waals surface area contributed by atoms with Crippen LogP contribution in [0.5, 0.6) is 5.75 Å². The first-order valence-corrected chi connectivity index (χ1v) is 6.45. The molecule has 2 nitrogen and oxygen atoms in total. The molecule has 0 amide bonds. The molecule has 0 saturated carbocycles. The van der Waals surface area contributed by atoms with E-state index >= 15 is 0 Å². The monoisotopic (exact) mass is 247 g/mol. The maximum Gasteiger partial charge on any atom is 0.119 e. The van der Waals surface area contributed by atoms with Gasteiger partial charge in [-0.3, -0.25) is 0 Å².